The molecule has 0 rings (SSSR count). The van der Waals surface area contributed by atoms with Crippen molar-refractivity contribution >= 4 is 24.3 Å². The quantitative estimate of drug-likeness (QED) is 0.399. The third-order valence-electron chi connectivity index (χ3n) is 2.43. The number of rotatable bonds is 11. The van der Waals surface area contributed by atoms with Crippen molar-refractivity contribution < 1.29 is 28.5 Å². The smallest absolute Gasteiger partial charge is 0.331 e. The average molecular weight is 326 g/mol. The fourth-order valence-corrected chi connectivity index (χ4v) is 1.30. The molecule has 0 aliphatic rings. The maximum absolute atomic E-state index is 11.3. The van der Waals surface area contributed by atoms with E-state index < -0.39 is 11.9 Å². The first kappa shape index (κ1) is 22.1. The van der Waals surface area contributed by atoms with Crippen LogP contribution >= 0.6 is 12.4 Å². The molecule has 0 aliphatic carbocycles. The molecule has 8 heteroatoms. The van der Waals surface area contributed by atoms with E-state index in [4.69, 9.17) is 14.2 Å². The fourth-order valence-electron chi connectivity index (χ4n) is 1.30. The lowest BCUT2D eigenvalue weighted by molar-refractivity contribution is -0.139. The Morgan fingerprint density at radius 1 is 0.857 bits per heavy atom. The molecule has 0 unspecified atom stereocenters. The van der Waals surface area contributed by atoms with E-state index in [0.717, 1.165) is 25.2 Å². The van der Waals surface area contributed by atoms with Crippen molar-refractivity contribution in [3.63, 3.8) is 0 Å². The molecule has 21 heavy (non-hydrogen) atoms. The topological polar surface area (TPSA) is 74.3 Å². The van der Waals surface area contributed by atoms with Gasteiger partial charge in [0.05, 0.1) is 20.3 Å². The van der Waals surface area contributed by atoms with Gasteiger partial charge in [-0.05, 0) is 0 Å². The second-order valence-corrected chi connectivity index (χ2v) is 3.85. The summed E-state index contributed by atoms with van der Waals surface area (Å²) in [6.45, 7) is 3.47. The fraction of sp³-hybridized carbons (Fsp3) is 0.692. The Labute approximate surface area is 131 Å². The second kappa shape index (κ2) is 15.2. The van der Waals surface area contributed by atoms with Crippen molar-refractivity contribution in [1.82, 2.24) is 4.90 Å². The summed E-state index contributed by atoms with van der Waals surface area (Å²) in [5.41, 5.74) is 0. The molecule has 0 aromatic heterocycles. The van der Waals surface area contributed by atoms with Gasteiger partial charge in [-0.1, -0.05) is 0 Å². The highest BCUT2D eigenvalue weighted by Gasteiger charge is 2.06. The highest BCUT2D eigenvalue weighted by atomic mass is 35.5. The van der Waals surface area contributed by atoms with Gasteiger partial charge in [0.15, 0.2) is 0 Å². The Bertz CT molecular complexity index is 303. The summed E-state index contributed by atoms with van der Waals surface area (Å²) in [5, 5.41) is 0. The lowest BCUT2D eigenvalue weighted by Gasteiger charge is -2.20. The zero-order chi connectivity index (χ0) is 15.2. The lowest BCUT2D eigenvalue weighted by Crippen LogP contribution is -2.34. The van der Waals surface area contributed by atoms with E-state index in [0.29, 0.717) is 19.8 Å². The third kappa shape index (κ3) is 13.6. The summed E-state index contributed by atoms with van der Waals surface area (Å²) in [7, 11) is 4.50. The van der Waals surface area contributed by atoms with Crippen LogP contribution in [0.3, 0.4) is 0 Å². The van der Waals surface area contributed by atoms with Crippen LogP contribution in [0.4, 0.5) is 0 Å². The van der Waals surface area contributed by atoms with Crippen LogP contribution in [0.5, 0.6) is 0 Å². The number of carbonyl (C=O) groups is 2. The maximum atomic E-state index is 11.3. The van der Waals surface area contributed by atoms with Crippen LogP contribution in [-0.2, 0) is 28.5 Å². The standard InChI is InChI=1S/C13H23NO6.ClH/c1-17-9-6-14(7-10-18-2)8-11-20-13(16)5-4-12(15)19-3;/h4-5H,6-11H2,1-3H3;1H/b5-4+;. The van der Waals surface area contributed by atoms with Gasteiger partial charge in [-0.15, -0.1) is 12.4 Å². The van der Waals surface area contributed by atoms with E-state index in [2.05, 4.69) is 9.64 Å². The van der Waals surface area contributed by atoms with Crippen molar-refractivity contribution in [2.75, 3.05) is 60.8 Å². The average Bonchev–Trinajstić information content (AvgIpc) is 2.46. The largest absolute Gasteiger partial charge is 0.466 e. The van der Waals surface area contributed by atoms with Gasteiger partial charge >= 0.3 is 11.9 Å². The van der Waals surface area contributed by atoms with Gasteiger partial charge in [-0.25, -0.2) is 9.59 Å². The number of hydrogen-bond acceptors (Lipinski definition) is 7. The molecule has 0 fully saturated rings. The highest BCUT2D eigenvalue weighted by Crippen LogP contribution is 1.91. The van der Waals surface area contributed by atoms with E-state index >= 15 is 0 Å². The molecule has 0 saturated heterocycles. The third-order valence-corrected chi connectivity index (χ3v) is 2.43. The van der Waals surface area contributed by atoms with Gasteiger partial charge in [0.1, 0.15) is 6.61 Å². The van der Waals surface area contributed by atoms with E-state index in [-0.39, 0.29) is 19.0 Å². The molecule has 0 radical (unpaired) electrons. The molecular weight excluding hydrogens is 302 g/mol. The van der Waals surface area contributed by atoms with Gasteiger partial charge in [0, 0.05) is 46.0 Å². The number of carbonyl (C=O) groups excluding carboxylic acids is 2. The first-order valence-corrected chi connectivity index (χ1v) is 6.27. The van der Waals surface area contributed by atoms with Crippen molar-refractivity contribution in [3.8, 4) is 0 Å². The van der Waals surface area contributed by atoms with E-state index in [1.54, 1.807) is 14.2 Å². The molecule has 0 spiro atoms. The minimum atomic E-state index is -0.594. The molecule has 7 nitrogen and oxygen atoms in total. The Balaban J connectivity index is 0. The van der Waals surface area contributed by atoms with Crippen molar-refractivity contribution in [3.05, 3.63) is 12.2 Å². The molecule has 0 bridgehead atoms. The van der Waals surface area contributed by atoms with Crippen LogP contribution in [-0.4, -0.2) is 77.6 Å². The van der Waals surface area contributed by atoms with E-state index in [1.165, 1.54) is 7.11 Å². The molecule has 0 amide bonds. The molecule has 0 aliphatic heterocycles. The summed E-state index contributed by atoms with van der Waals surface area (Å²) in [6.07, 6.45) is 2.07. The van der Waals surface area contributed by atoms with Crippen molar-refractivity contribution in [2.45, 2.75) is 0 Å². The molecule has 0 atom stereocenters. The summed E-state index contributed by atoms with van der Waals surface area (Å²) >= 11 is 0. The Kier molecular flexibility index (Phi) is 16.1. The normalized spacial score (nSPS) is 10.5. The maximum Gasteiger partial charge on any atom is 0.331 e. The van der Waals surface area contributed by atoms with Gasteiger partial charge in [0.25, 0.3) is 0 Å². The zero-order valence-corrected chi connectivity index (χ0v) is 13.5. The van der Waals surface area contributed by atoms with Crippen LogP contribution < -0.4 is 0 Å². The number of methoxy groups -OCH3 is 3. The molecule has 124 valence electrons. The molecule has 0 aromatic rings. The Morgan fingerprint density at radius 2 is 1.33 bits per heavy atom. The van der Waals surface area contributed by atoms with Gasteiger partial charge < -0.3 is 18.9 Å². The summed E-state index contributed by atoms with van der Waals surface area (Å²) in [5.74, 6) is -1.17. The predicted octanol–water partition coefficient (Wildman–Crippen LogP) is 0.275. The summed E-state index contributed by atoms with van der Waals surface area (Å²) in [6, 6.07) is 0. The van der Waals surface area contributed by atoms with Gasteiger partial charge in [0.2, 0.25) is 0 Å². The van der Waals surface area contributed by atoms with E-state index in [1.807, 2.05) is 0 Å². The SMILES string of the molecule is COCCN(CCOC)CCOC(=O)/C=C/C(=O)OC.Cl. The van der Waals surface area contributed by atoms with Crippen molar-refractivity contribution in [1.29, 1.82) is 0 Å². The number of hydrogen-bond donors (Lipinski definition) is 0. The number of halogens is 1. The van der Waals surface area contributed by atoms with Crippen LogP contribution in [0.15, 0.2) is 12.2 Å². The minimum Gasteiger partial charge on any atom is -0.466 e. The van der Waals surface area contributed by atoms with Crippen LogP contribution in [0, 0.1) is 0 Å². The molecule has 0 aromatic carbocycles. The van der Waals surface area contributed by atoms with E-state index in [9.17, 15) is 9.59 Å². The Morgan fingerprint density at radius 3 is 1.81 bits per heavy atom. The Hall–Kier alpha value is -1.15. The lowest BCUT2D eigenvalue weighted by atomic mass is 10.4. The van der Waals surface area contributed by atoms with Gasteiger partial charge in [-0.2, -0.15) is 0 Å². The number of esters is 2. The van der Waals surface area contributed by atoms with Crippen molar-refractivity contribution in [2.24, 2.45) is 0 Å². The van der Waals surface area contributed by atoms with Gasteiger partial charge in [-0.3, -0.25) is 4.90 Å². The molecular formula is C13H24ClNO6. The molecule has 0 heterocycles. The zero-order valence-electron chi connectivity index (χ0n) is 12.7. The van der Waals surface area contributed by atoms with Crippen LogP contribution in [0.2, 0.25) is 0 Å². The molecule has 0 N–H and O–H groups in total. The first-order valence-electron chi connectivity index (χ1n) is 6.27. The number of ether oxygens (including phenoxy) is 4. The molecule has 0 saturated carbocycles. The summed E-state index contributed by atoms with van der Waals surface area (Å²) in [4.78, 5) is 24.1. The highest BCUT2D eigenvalue weighted by molar-refractivity contribution is 5.91. The monoisotopic (exact) mass is 325 g/mol. The minimum absolute atomic E-state index is 0. The first-order chi connectivity index (χ1) is 9.63. The second-order valence-electron chi connectivity index (χ2n) is 3.85. The number of nitrogens with zero attached hydrogens (tertiary/aromatic N) is 1. The summed E-state index contributed by atoms with van der Waals surface area (Å²) < 4.78 is 19.3. The predicted molar refractivity (Wildman–Crippen MR) is 79.6 cm³/mol. The van der Waals surface area contributed by atoms with Crippen LogP contribution in [0.25, 0.3) is 0 Å². The van der Waals surface area contributed by atoms with Crippen LogP contribution in [0.1, 0.15) is 0 Å².